The molecular formula is C25H27BrO5. The summed E-state index contributed by atoms with van der Waals surface area (Å²) in [6.07, 6.45) is 1.88. The lowest BCUT2D eigenvalue weighted by molar-refractivity contribution is -0.150. The first kappa shape index (κ1) is 22.0. The third-order valence-electron chi connectivity index (χ3n) is 7.82. The molecule has 5 nitrogen and oxygen atoms in total. The van der Waals surface area contributed by atoms with Gasteiger partial charge < -0.3 is 9.47 Å². The molecule has 2 aromatic rings. The summed E-state index contributed by atoms with van der Waals surface area (Å²) in [5.74, 6) is -0.764. The van der Waals surface area contributed by atoms with Crippen molar-refractivity contribution < 1.29 is 23.9 Å². The molecule has 2 bridgehead atoms. The van der Waals surface area contributed by atoms with Crippen LogP contribution >= 0.6 is 15.9 Å². The second-order valence-electron chi connectivity index (χ2n) is 9.34. The molecule has 3 unspecified atom stereocenters. The fourth-order valence-corrected chi connectivity index (χ4v) is 6.87. The highest BCUT2D eigenvalue weighted by molar-refractivity contribution is 9.10. The molecule has 4 rings (SSSR count). The molecule has 0 heterocycles. The summed E-state index contributed by atoms with van der Waals surface area (Å²) in [6.45, 7) is 8.09. The Hall–Kier alpha value is -2.21. The number of ether oxygens (including phenoxy) is 2. The molecule has 6 heteroatoms. The van der Waals surface area contributed by atoms with Gasteiger partial charge in [-0.15, -0.1) is 0 Å². The van der Waals surface area contributed by atoms with Gasteiger partial charge in [0.15, 0.2) is 11.5 Å². The topological polar surface area (TPSA) is 69.7 Å². The quantitative estimate of drug-likeness (QED) is 0.318. The number of ketones is 1. The first-order chi connectivity index (χ1) is 14.6. The van der Waals surface area contributed by atoms with Crippen LogP contribution in [0.3, 0.4) is 0 Å². The van der Waals surface area contributed by atoms with E-state index in [1.165, 1.54) is 0 Å². The van der Waals surface area contributed by atoms with Crippen LogP contribution in [-0.2, 0) is 14.3 Å². The summed E-state index contributed by atoms with van der Waals surface area (Å²) < 4.78 is 11.4. The Balaban J connectivity index is 1.81. The summed E-state index contributed by atoms with van der Waals surface area (Å²) in [5, 5.41) is 1.51. The van der Waals surface area contributed by atoms with E-state index in [4.69, 9.17) is 9.47 Å². The number of Topliss-reactive ketones (excluding diaryl/α,β-unsaturated/α-hetero) is 1. The largest absolute Gasteiger partial charge is 0.462 e. The average Bonchev–Trinajstić information content (AvgIpc) is 3.03. The SMILES string of the molecule is CCCOC(=O)c1ccc2ccccc2c1OC(=O)C12CCC(C)(C(=O)C1Br)C2(C)C. The van der Waals surface area contributed by atoms with E-state index < -0.39 is 33.0 Å². The summed E-state index contributed by atoms with van der Waals surface area (Å²) in [7, 11) is 0. The van der Waals surface area contributed by atoms with Gasteiger partial charge in [-0.25, -0.2) is 4.79 Å². The zero-order valence-electron chi connectivity index (χ0n) is 18.3. The van der Waals surface area contributed by atoms with Crippen LogP contribution in [0.5, 0.6) is 5.75 Å². The number of halogens is 1. The predicted octanol–water partition coefficient (Wildman–Crippen LogP) is 5.47. The van der Waals surface area contributed by atoms with Gasteiger partial charge in [0, 0.05) is 10.8 Å². The Kier molecular flexibility index (Phi) is 5.28. The van der Waals surface area contributed by atoms with Crippen LogP contribution in [0.4, 0.5) is 0 Å². The first-order valence-electron chi connectivity index (χ1n) is 10.7. The highest BCUT2D eigenvalue weighted by Crippen LogP contribution is 2.72. The second-order valence-corrected chi connectivity index (χ2v) is 10.3. The number of rotatable bonds is 5. The van der Waals surface area contributed by atoms with Crippen molar-refractivity contribution in [2.75, 3.05) is 6.61 Å². The molecule has 31 heavy (non-hydrogen) atoms. The summed E-state index contributed by atoms with van der Waals surface area (Å²) in [5.41, 5.74) is -1.97. The number of fused-ring (bicyclic) bond motifs is 3. The lowest BCUT2D eigenvalue weighted by atomic mass is 9.65. The van der Waals surface area contributed by atoms with Crippen molar-refractivity contribution in [1.82, 2.24) is 0 Å². The van der Waals surface area contributed by atoms with Crippen molar-refractivity contribution in [1.29, 1.82) is 0 Å². The maximum atomic E-state index is 13.8. The van der Waals surface area contributed by atoms with Crippen molar-refractivity contribution in [3.05, 3.63) is 42.0 Å². The Labute approximate surface area is 190 Å². The summed E-state index contributed by atoms with van der Waals surface area (Å²) >= 11 is 3.53. The Morgan fingerprint density at radius 3 is 2.45 bits per heavy atom. The number of hydrogen-bond acceptors (Lipinski definition) is 5. The van der Waals surface area contributed by atoms with Crippen LogP contribution in [0.1, 0.15) is 57.3 Å². The van der Waals surface area contributed by atoms with E-state index in [0.717, 1.165) is 5.39 Å². The maximum Gasteiger partial charge on any atom is 0.341 e. The van der Waals surface area contributed by atoms with Gasteiger partial charge >= 0.3 is 11.9 Å². The minimum atomic E-state index is -1.000. The number of carbonyl (C=O) groups excluding carboxylic acids is 3. The normalized spacial score (nSPS) is 28.7. The van der Waals surface area contributed by atoms with E-state index in [0.29, 0.717) is 24.6 Å². The zero-order chi connectivity index (χ0) is 22.6. The van der Waals surface area contributed by atoms with Crippen LogP contribution in [-0.4, -0.2) is 29.2 Å². The highest BCUT2D eigenvalue weighted by atomic mass is 79.9. The molecule has 0 amide bonds. The molecule has 0 saturated heterocycles. The van der Waals surface area contributed by atoms with E-state index in [-0.39, 0.29) is 23.7 Å². The van der Waals surface area contributed by atoms with Crippen molar-refractivity contribution in [3.8, 4) is 5.75 Å². The molecular weight excluding hydrogens is 460 g/mol. The van der Waals surface area contributed by atoms with Crippen molar-refractivity contribution in [2.45, 2.75) is 51.8 Å². The second kappa shape index (κ2) is 7.44. The highest BCUT2D eigenvalue weighted by Gasteiger charge is 2.77. The van der Waals surface area contributed by atoms with Gasteiger partial charge in [-0.05, 0) is 36.1 Å². The van der Waals surface area contributed by atoms with Gasteiger partial charge in [-0.3, -0.25) is 9.59 Å². The number of alkyl halides is 1. The van der Waals surface area contributed by atoms with Crippen LogP contribution in [0.15, 0.2) is 36.4 Å². The van der Waals surface area contributed by atoms with Crippen LogP contribution < -0.4 is 4.74 Å². The molecule has 0 radical (unpaired) electrons. The van der Waals surface area contributed by atoms with Crippen molar-refractivity contribution in [2.24, 2.45) is 16.2 Å². The lowest BCUT2D eigenvalue weighted by Gasteiger charge is -2.38. The molecule has 2 saturated carbocycles. The van der Waals surface area contributed by atoms with E-state index in [1.807, 2.05) is 58.0 Å². The minimum Gasteiger partial charge on any atom is -0.462 e. The third-order valence-corrected chi connectivity index (χ3v) is 9.01. The van der Waals surface area contributed by atoms with E-state index in [9.17, 15) is 14.4 Å². The van der Waals surface area contributed by atoms with Gasteiger partial charge in [0.2, 0.25) is 0 Å². The molecule has 2 aromatic carbocycles. The predicted molar refractivity (Wildman–Crippen MR) is 121 cm³/mol. The fraction of sp³-hybridized carbons (Fsp3) is 0.480. The average molecular weight is 487 g/mol. The third kappa shape index (κ3) is 2.83. The van der Waals surface area contributed by atoms with Gasteiger partial charge in [-0.2, -0.15) is 0 Å². The number of esters is 2. The van der Waals surface area contributed by atoms with E-state index >= 15 is 0 Å². The van der Waals surface area contributed by atoms with E-state index in [1.54, 1.807) is 6.07 Å². The van der Waals surface area contributed by atoms with Crippen LogP contribution in [0.25, 0.3) is 10.8 Å². The summed E-state index contributed by atoms with van der Waals surface area (Å²) in [6, 6.07) is 10.9. The van der Waals surface area contributed by atoms with Crippen molar-refractivity contribution >= 4 is 44.4 Å². The standard InChI is InChI=1S/C25H27BrO5/c1-5-14-30-21(28)17-11-10-15-8-6-7-9-16(15)18(17)31-22(29)25-13-12-24(4,23(25,2)3)20(27)19(25)26/h6-11,19H,5,12-14H2,1-4H3. The van der Waals surface area contributed by atoms with Crippen LogP contribution in [0, 0.1) is 16.2 Å². The zero-order valence-corrected chi connectivity index (χ0v) is 19.9. The molecule has 0 spiro atoms. The smallest absolute Gasteiger partial charge is 0.341 e. The molecule has 0 N–H and O–H groups in total. The van der Waals surface area contributed by atoms with Crippen molar-refractivity contribution in [3.63, 3.8) is 0 Å². The molecule has 0 aromatic heterocycles. The Bertz CT molecular complexity index is 1090. The first-order valence-corrected chi connectivity index (χ1v) is 11.6. The molecule has 0 aliphatic heterocycles. The fourth-order valence-electron chi connectivity index (χ4n) is 5.37. The van der Waals surface area contributed by atoms with Gasteiger partial charge in [0.25, 0.3) is 0 Å². The number of carbonyl (C=O) groups is 3. The summed E-state index contributed by atoms with van der Waals surface area (Å²) in [4.78, 5) is 39.0. The molecule has 2 aliphatic rings. The Morgan fingerprint density at radius 1 is 1.10 bits per heavy atom. The monoisotopic (exact) mass is 486 g/mol. The van der Waals surface area contributed by atoms with Gasteiger partial charge in [0.1, 0.15) is 5.56 Å². The Morgan fingerprint density at radius 2 is 1.81 bits per heavy atom. The molecule has 3 atom stereocenters. The maximum absolute atomic E-state index is 13.8. The van der Waals surface area contributed by atoms with E-state index in [2.05, 4.69) is 15.9 Å². The number of benzene rings is 2. The minimum absolute atomic E-state index is 0.0428. The lowest BCUT2D eigenvalue weighted by Crippen LogP contribution is -2.47. The van der Waals surface area contributed by atoms with Gasteiger partial charge in [0.05, 0.1) is 16.8 Å². The van der Waals surface area contributed by atoms with Crippen LogP contribution in [0.2, 0.25) is 0 Å². The van der Waals surface area contributed by atoms with Gasteiger partial charge in [-0.1, -0.05) is 74.0 Å². The number of hydrogen-bond donors (Lipinski definition) is 0. The molecule has 2 aliphatic carbocycles. The molecule has 164 valence electrons. The molecule has 2 fully saturated rings.